The third-order valence-electron chi connectivity index (χ3n) is 2.73. The molecule has 0 saturated heterocycles. The molecule has 0 unspecified atom stereocenters. The van der Waals surface area contributed by atoms with E-state index in [0.717, 1.165) is 3.39 Å². The monoisotopic (exact) mass is 350 g/mol. The van der Waals surface area contributed by atoms with Gasteiger partial charge in [-0.3, -0.25) is 0 Å². The lowest BCUT2D eigenvalue weighted by Crippen LogP contribution is -1.86. The summed E-state index contributed by atoms with van der Waals surface area (Å²) in [6.07, 6.45) is 2.07. The second-order valence-corrected chi connectivity index (χ2v) is 6.59. The lowest BCUT2D eigenvalue weighted by atomic mass is 9.97. The van der Waals surface area contributed by atoms with E-state index in [4.69, 9.17) is 0 Å². The zero-order chi connectivity index (χ0) is 12.3. The van der Waals surface area contributed by atoms with Crippen LogP contribution in [0.2, 0.25) is 0 Å². The standard InChI is InChI=1S/C15H12Br2/c1-11-13(10-15(16)17)8-5-9-14(11)12-6-3-2-4-7-12/h2-10H,1H3. The first-order chi connectivity index (χ1) is 8.18. The maximum atomic E-state index is 3.40. The predicted molar refractivity (Wildman–Crippen MR) is 82.4 cm³/mol. The highest BCUT2D eigenvalue weighted by atomic mass is 79.9. The minimum absolute atomic E-state index is 0.957. The molecular weight excluding hydrogens is 340 g/mol. The Bertz CT molecular complexity index is 538. The SMILES string of the molecule is Cc1c(C=C(Br)Br)cccc1-c1ccccc1. The van der Waals surface area contributed by atoms with E-state index in [-0.39, 0.29) is 0 Å². The molecule has 2 aromatic carbocycles. The van der Waals surface area contributed by atoms with Crippen LogP contribution in [-0.2, 0) is 0 Å². The molecule has 0 spiro atoms. The predicted octanol–water partition coefficient (Wildman–Crippen LogP) is 5.75. The molecule has 0 saturated carbocycles. The molecule has 2 rings (SSSR count). The summed E-state index contributed by atoms with van der Waals surface area (Å²) in [5.74, 6) is 0. The van der Waals surface area contributed by atoms with Gasteiger partial charge in [-0.25, -0.2) is 0 Å². The fraction of sp³-hybridized carbons (Fsp3) is 0.0667. The van der Waals surface area contributed by atoms with E-state index < -0.39 is 0 Å². The third-order valence-corrected chi connectivity index (χ3v) is 3.18. The zero-order valence-corrected chi connectivity index (χ0v) is 12.6. The zero-order valence-electron chi connectivity index (χ0n) is 9.45. The molecule has 2 aromatic rings. The van der Waals surface area contributed by atoms with Crippen LogP contribution >= 0.6 is 31.9 Å². The Kier molecular flexibility index (Phi) is 4.19. The number of benzene rings is 2. The van der Waals surface area contributed by atoms with Crippen LogP contribution < -0.4 is 0 Å². The second kappa shape index (κ2) is 5.65. The molecule has 0 heterocycles. The normalized spacial score (nSPS) is 10.1. The number of rotatable bonds is 2. The largest absolute Gasteiger partial charge is 0.0622 e. The van der Waals surface area contributed by atoms with Crippen LogP contribution in [0.25, 0.3) is 17.2 Å². The molecule has 0 aromatic heterocycles. The Hall–Kier alpha value is -0.860. The lowest BCUT2D eigenvalue weighted by Gasteiger charge is -2.09. The van der Waals surface area contributed by atoms with Crippen molar-refractivity contribution < 1.29 is 0 Å². The Labute approximate surface area is 119 Å². The summed E-state index contributed by atoms with van der Waals surface area (Å²) in [7, 11) is 0. The van der Waals surface area contributed by atoms with E-state index >= 15 is 0 Å². The summed E-state index contributed by atoms with van der Waals surface area (Å²) >= 11 is 6.81. The third kappa shape index (κ3) is 3.08. The molecule has 0 aliphatic heterocycles. The summed E-state index contributed by atoms with van der Waals surface area (Å²) in [6, 6.07) is 16.8. The Morgan fingerprint density at radius 1 is 0.941 bits per heavy atom. The van der Waals surface area contributed by atoms with E-state index in [1.165, 1.54) is 22.3 Å². The van der Waals surface area contributed by atoms with Crippen molar-refractivity contribution in [1.82, 2.24) is 0 Å². The van der Waals surface area contributed by atoms with Crippen LogP contribution in [0.1, 0.15) is 11.1 Å². The molecule has 0 nitrogen and oxygen atoms in total. The molecule has 86 valence electrons. The van der Waals surface area contributed by atoms with E-state index in [9.17, 15) is 0 Å². The highest BCUT2D eigenvalue weighted by Gasteiger charge is 2.04. The molecule has 0 aliphatic rings. The lowest BCUT2D eigenvalue weighted by molar-refractivity contribution is 1.43. The smallest absolute Gasteiger partial charge is 0.0610 e. The molecular formula is C15H12Br2. The first-order valence-electron chi connectivity index (χ1n) is 5.36. The van der Waals surface area contributed by atoms with Crippen LogP contribution in [0.4, 0.5) is 0 Å². The van der Waals surface area contributed by atoms with Crippen LogP contribution in [0.3, 0.4) is 0 Å². The molecule has 0 fully saturated rings. The van der Waals surface area contributed by atoms with Crippen molar-refractivity contribution in [3.05, 3.63) is 63.0 Å². The van der Waals surface area contributed by atoms with Gasteiger partial charge < -0.3 is 0 Å². The molecule has 17 heavy (non-hydrogen) atoms. The second-order valence-electron chi connectivity index (χ2n) is 3.82. The summed E-state index contributed by atoms with van der Waals surface area (Å²) < 4.78 is 0.957. The Morgan fingerprint density at radius 2 is 1.65 bits per heavy atom. The molecule has 0 N–H and O–H groups in total. The highest BCUT2D eigenvalue weighted by molar-refractivity contribution is 9.28. The first-order valence-corrected chi connectivity index (χ1v) is 6.95. The van der Waals surface area contributed by atoms with E-state index in [1.54, 1.807) is 0 Å². The maximum absolute atomic E-state index is 3.40. The van der Waals surface area contributed by atoms with Crippen molar-refractivity contribution in [2.75, 3.05) is 0 Å². The van der Waals surface area contributed by atoms with Crippen molar-refractivity contribution in [3.63, 3.8) is 0 Å². The molecule has 0 atom stereocenters. The molecule has 0 radical (unpaired) electrons. The Balaban J connectivity index is 2.54. The van der Waals surface area contributed by atoms with Crippen LogP contribution in [0.15, 0.2) is 51.9 Å². The van der Waals surface area contributed by atoms with Gasteiger partial charge >= 0.3 is 0 Å². The highest BCUT2D eigenvalue weighted by Crippen LogP contribution is 2.28. The van der Waals surface area contributed by atoms with Crippen molar-refractivity contribution in [2.45, 2.75) is 6.92 Å². The van der Waals surface area contributed by atoms with Crippen molar-refractivity contribution >= 4 is 37.9 Å². The molecule has 0 bridgehead atoms. The average Bonchev–Trinajstić information content (AvgIpc) is 2.32. The first kappa shape index (κ1) is 12.6. The van der Waals surface area contributed by atoms with E-state index in [0.29, 0.717) is 0 Å². The summed E-state index contributed by atoms with van der Waals surface area (Å²) in [5.41, 5.74) is 5.04. The van der Waals surface area contributed by atoms with Crippen molar-refractivity contribution in [1.29, 1.82) is 0 Å². The topological polar surface area (TPSA) is 0 Å². The van der Waals surface area contributed by atoms with E-state index in [1.807, 2.05) is 6.07 Å². The van der Waals surface area contributed by atoms with Gasteiger partial charge in [-0.05, 0) is 67.1 Å². The van der Waals surface area contributed by atoms with Gasteiger partial charge in [0, 0.05) is 0 Å². The number of hydrogen-bond donors (Lipinski definition) is 0. The number of hydrogen-bond acceptors (Lipinski definition) is 0. The summed E-state index contributed by atoms with van der Waals surface area (Å²) in [5, 5.41) is 0. The van der Waals surface area contributed by atoms with Crippen molar-refractivity contribution in [3.8, 4) is 11.1 Å². The van der Waals surface area contributed by atoms with Gasteiger partial charge in [0.1, 0.15) is 0 Å². The van der Waals surface area contributed by atoms with Crippen molar-refractivity contribution in [2.24, 2.45) is 0 Å². The van der Waals surface area contributed by atoms with Crippen LogP contribution in [0.5, 0.6) is 0 Å². The minimum Gasteiger partial charge on any atom is -0.0622 e. The van der Waals surface area contributed by atoms with Crippen LogP contribution in [-0.4, -0.2) is 0 Å². The summed E-state index contributed by atoms with van der Waals surface area (Å²) in [6.45, 7) is 2.15. The molecule has 0 aliphatic carbocycles. The van der Waals surface area contributed by atoms with Gasteiger partial charge in [0.15, 0.2) is 0 Å². The Morgan fingerprint density at radius 3 is 2.29 bits per heavy atom. The van der Waals surface area contributed by atoms with Gasteiger partial charge in [-0.15, -0.1) is 0 Å². The van der Waals surface area contributed by atoms with Gasteiger partial charge in [0.05, 0.1) is 3.39 Å². The maximum Gasteiger partial charge on any atom is 0.0610 e. The minimum atomic E-state index is 0.957. The average molecular weight is 352 g/mol. The molecule has 0 amide bonds. The quantitative estimate of drug-likeness (QED) is 0.646. The summed E-state index contributed by atoms with van der Waals surface area (Å²) in [4.78, 5) is 0. The molecule has 2 heteroatoms. The van der Waals surface area contributed by atoms with Gasteiger partial charge in [-0.2, -0.15) is 0 Å². The van der Waals surface area contributed by atoms with Gasteiger partial charge in [0.25, 0.3) is 0 Å². The number of halogens is 2. The van der Waals surface area contributed by atoms with E-state index in [2.05, 4.69) is 87.3 Å². The van der Waals surface area contributed by atoms with Gasteiger partial charge in [0.2, 0.25) is 0 Å². The van der Waals surface area contributed by atoms with Crippen LogP contribution in [0, 0.1) is 6.92 Å². The fourth-order valence-electron chi connectivity index (χ4n) is 1.86. The van der Waals surface area contributed by atoms with Gasteiger partial charge in [-0.1, -0.05) is 48.5 Å². The fourth-order valence-corrected chi connectivity index (χ4v) is 2.35.